The van der Waals surface area contributed by atoms with E-state index in [-0.39, 0.29) is 22.7 Å². The summed E-state index contributed by atoms with van der Waals surface area (Å²) in [7, 11) is 0. The molecule has 7 nitrogen and oxygen atoms in total. The van der Waals surface area contributed by atoms with E-state index in [1.54, 1.807) is 12.1 Å². The van der Waals surface area contributed by atoms with Crippen LogP contribution in [0.15, 0.2) is 41.1 Å². The summed E-state index contributed by atoms with van der Waals surface area (Å²) in [5.41, 5.74) is 0.170. The number of halogens is 1. The fourth-order valence-electron chi connectivity index (χ4n) is 1.96. The fourth-order valence-corrected chi connectivity index (χ4v) is 1.96. The van der Waals surface area contributed by atoms with E-state index < -0.39 is 17.8 Å². The Labute approximate surface area is 122 Å². The zero-order valence-electron chi connectivity index (χ0n) is 10.9. The number of ketones is 1. The van der Waals surface area contributed by atoms with E-state index in [4.69, 9.17) is 9.52 Å². The van der Waals surface area contributed by atoms with E-state index in [1.807, 2.05) is 0 Å². The quantitative estimate of drug-likeness (QED) is 0.569. The molecule has 0 fully saturated rings. The SMILES string of the molecule is O=C(O)Nc1c(C(=O)c2ccc(F)nc2)oc2ncccc12. The smallest absolute Gasteiger partial charge is 0.409 e. The van der Waals surface area contributed by atoms with Crippen molar-refractivity contribution in [3.8, 4) is 0 Å². The average Bonchev–Trinajstić information content (AvgIpc) is 2.86. The summed E-state index contributed by atoms with van der Waals surface area (Å²) in [6, 6.07) is 5.41. The summed E-state index contributed by atoms with van der Waals surface area (Å²) < 4.78 is 18.2. The predicted octanol–water partition coefficient (Wildman–Crippen LogP) is 2.68. The fraction of sp³-hybridized carbons (Fsp3) is 0. The summed E-state index contributed by atoms with van der Waals surface area (Å²) in [6.07, 6.45) is 1.14. The number of hydrogen-bond donors (Lipinski definition) is 2. The first-order chi connectivity index (χ1) is 10.6. The van der Waals surface area contributed by atoms with Crippen molar-refractivity contribution < 1.29 is 23.5 Å². The van der Waals surface area contributed by atoms with Crippen LogP contribution >= 0.6 is 0 Å². The maximum Gasteiger partial charge on any atom is 0.409 e. The minimum absolute atomic E-state index is 0.00933. The molecule has 0 aliphatic rings. The van der Waals surface area contributed by atoms with E-state index >= 15 is 0 Å². The zero-order valence-corrected chi connectivity index (χ0v) is 10.9. The van der Waals surface area contributed by atoms with Gasteiger partial charge in [0.1, 0.15) is 5.69 Å². The third kappa shape index (κ3) is 2.37. The van der Waals surface area contributed by atoms with Gasteiger partial charge in [0.2, 0.25) is 23.2 Å². The minimum atomic E-state index is -1.35. The van der Waals surface area contributed by atoms with E-state index in [1.165, 1.54) is 12.3 Å². The molecular weight excluding hydrogens is 293 g/mol. The Hall–Kier alpha value is -3.29. The summed E-state index contributed by atoms with van der Waals surface area (Å²) >= 11 is 0. The monoisotopic (exact) mass is 301 g/mol. The second kappa shape index (κ2) is 5.24. The highest BCUT2D eigenvalue weighted by atomic mass is 19.1. The van der Waals surface area contributed by atoms with Crippen LogP contribution in [0.3, 0.4) is 0 Å². The Morgan fingerprint density at radius 1 is 1.23 bits per heavy atom. The number of carbonyl (C=O) groups is 2. The summed E-state index contributed by atoms with van der Waals surface area (Å²) in [4.78, 5) is 30.7. The Kier molecular flexibility index (Phi) is 3.26. The van der Waals surface area contributed by atoms with Crippen molar-refractivity contribution in [1.29, 1.82) is 0 Å². The normalized spacial score (nSPS) is 10.6. The van der Waals surface area contributed by atoms with Gasteiger partial charge in [-0.2, -0.15) is 4.39 Å². The lowest BCUT2D eigenvalue weighted by molar-refractivity contribution is 0.101. The third-order valence-corrected chi connectivity index (χ3v) is 2.89. The van der Waals surface area contributed by atoms with Crippen molar-refractivity contribution in [2.75, 3.05) is 5.32 Å². The highest BCUT2D eigenvalue weighted by molar-refractivity contribution is 6.16. The van der Waals surface area contributed by atoms with Crippen LogP contribution in [0.25, 0.3) is 11.1 Å². The first kappa shape index (κ1) is 13.7. The predicted molar refractivity (Wildman–Crippen MR) is 73.3 cm³/mol. The summed E-state index contributed by atoms with van der Waals surface area (Å²) in [6.45, 7) is 0. The topological polar surface area (TPSA) is 105 Å². The van der Waals surface area contributed by atoms with Crippen molar-refractivity contribution in [3.63, 3.8) is 0 Å². The standard InChI is InChI=1S/C14H8FN3O4/c15-9-4-3-7(6-17-9)11(19)12-10(18-14(20)21)8-2-1-5-16-13(8)22-12/h1-6,18H,(H,20,21). The molecule has 3 rings (SSSR count). The van der Waals surface area contributed by atoms with Gasteiger partial charge in [0, 0.05) is 18.0 Å². The molecule has 0 saturated heterocycles. The van der Waals surface area contributed by atoms with Gasteiger partial charge < -0.3 is 9.52 Å². The van der Waals surface area contributed by atoms with Crippen LogP contribution in [0.4, 0.5) is 14.9 Å². The van der Waals surface area contributed by atoms with Crippen molar-refractivity contribution >= 4 is 28.7 Å². The molecule has 0 radical (unpaired) electrons. The molecule has 2 N–H and O–H groups in total. The molecule has 3 aromatic rings. The van der Waals surface area contributed by atoms with E-state index in [0.29, 0.717) is 5.39 Å². The van der Waals surface area contributed by atoms with Crippen LogP contribution in [0, 0.1) is 5.95 Å². The second-order valence-corrected chi connectivity index (χ2v) is 4.29. The lowest BCUT2D eigenvalue weighted by Gasteiger charge is -2.02. The number of carbonyl (C=O) groups excluding carboxylic acids is 1. The lowest BCUT2D eigenvalue weighted by Crippen LogP contribution is -2.11. The van der Waals surface area contributed by atoms with Gasteiger partial charge in [-0.3, -0.25) is 10.1 Å². The number of carboxylic acid groups (broad SMARTS) is 1. The number of pyridine rings is 2. The number of rotatable bonds is 3. The molecule has 1 amide bonds. The highest BCUT2D eigenvalue weighted by Gasteiger charge is 2.24. The maximum atomic E-state index is 12.8. The molecule has 0 saturated carbocycles. The first-order valence-corrected chi connectivity index (χ1v) is 6.10. The molecule has 3 heterocycles. The van der Waals surface area contributed by atoms with Crippen molar-refractivity contribution in [2.45, 2.75) is 0 Å². The van der Waals surface area contributed by atoms with Crippen LogP contribution in [0.1, 0.15) is 16.1 Å². The number of fused-ring (bicyclic) bond motifs is 1. The number of furan rings is 1. The van der Waals surface area contributed by atoms with Gasteiger partial charge in [-0.25, -0.2) is 14.8 Å². The maximum absolute atomic E-state index is 12.8. The lowest BCUT2D eigenvalue weighted by atomic mass is 10.1. The molecule has 0 atom stereocenters. The second-order valence-electron chi connectivity index (χ2n) is 4.29. The van der Waals surface area contributed by atoms with Crippen LogP contribution in [0.2, 0.25) is 0 Å². The van der Waals surface area contributed by atoms with Gasteiger partial charge in [-0.05, 0) is 24.3 Å². The Morgan fingerprint density at radius 3 is 2.73 bits per heavy atom. The molecule has 110 valence electrons. The van der Waals surface area contributed by atoms with E-state index in [2.05, 4.69) is 15.3 Å². The highest BCUT2D eigenvalue weighted by Crippen LogP contribution is 2.31. The molecule has 0 unspecified atom stereocenters. The third-order valence-electron chi connectivity index (χ3n) is 2.89. The number of nitrogens with one attached hydrogen (secondary N) is 1. The summed E-state index contributed by atoms with van der Waals surface area (Å²) in [5.74, 6) is -1.59. The van der Waals surface area contributed by atoms with Gasteiger partial charge in [0.15, 0.2) is 0 Å². The molecule has 22 heavy (non-hydrogen) atoms. The summed E-state index contributed by atoms with van der Waals surface area (Å²) in [5, 5.41) is 11.4. The van der Waals surface area contributed by atoms with Gasteiger partial charge in [-0.15, -0.1) is 0 Å². The Bertz CT molecular complexity index is 873. The van der Waals surface area contributed by atoms with Crippen molar-refractivity contribution in [2.24, 2.45) is 0 Å². The number of hydrogen-bond acceptors (Lipinski definition) is 5. The van der Waals surface area contributed by atoms with E-state index in [0.717, 1.165) is 12.3 Å². The number of anilines is 1. The molecule has 0 spiro atoms. The minimum Gasteiger partial charge on any atom is -0.465 e. The molecule has 0 aliphatic heterocycles. The van der Waals surface area contributed by atoms with Gasteiger partial charge >= 0.3 is 6.09 Å². The molecule has 0 aromatic carbocycles. The van der Waals surface area contributed by atoms with Crippen LogP contribution < -0.4 is 5.32 Å². The van der Waals surface area contributed by atoms with Crippen LogP contribution in [-0.4, -0.2) is 27.0 Å². The van der Waals surface area contributed by atoms with Gasteiger partial charge in [0.05, 0.1) is 5.39 Å². The Morgan fingerprint density at radius 2 is 2.05 bits per heavy atom. The van der Waals surface area contributed by atoms with Crippen molar-refractivity contribution in [3.05, 3.63) is 53.9 Å². The van der Waals surface area contributed by atoms with Gasteiger partial charge in [0.25, 0.3) is 0 Å². The number of amides is 1. The first-order valence-electron chi connectivity index (χ1n) is 6.10. The van der Waals surface area contributed by atoms with E-state index in [9.17, 15) is 14.0 Å². The Balaban J connectivity index is 2.14. The largest absolute Gasteiger partial charge is 0.465 e. The molecule has 3 aromatic heterocycles. The molecule has 0 bridgehead atoms. The van der Waals surface area contributed by atoms with Gasteiger partial charge in [-0.1, -0.05) is 0 Å². The number of nitrogens with zero attached hydrogens (tertiary/aromatic N) is 2. The molecule has 0 aliphatic carbocycles. The van der Waals surface area contributed by atoms with Crippen LogP contribution in [-0.2, 0) is 0 Å². The molecule has 8 heteroatoms. The number of aromatic nitrogens is 2. The van der Waals surface area contributed by atoms with Crippen molar-refractivity contribution in [1.82, 2.24) is 9.97 Å². The zero-order chi connectivity index (χ0) is 15.7. The molecular formula is C14H8FN3O4. The average molecular weight is 301 g/mol. The van der Waals surface area contributed by atoms with Crippen LogP contribution in [0.5, 0.6) is 0 Å².